The summed E-state index contributed by atoms with van der Waals surface area (Å²) in [6, 6.07) is 0. The van der Waals surface area contributed by atoms with Gasteiger partial charge in [-0.15, -0.1) is 0 Å². The van der Waals surface area contributed by atoms with Gasteiger partial charge in [-0.3, -0.25) is 23.5 Å². The lowest BCUT2D eigenvalue weighted by atomic mass is 10.3. The summed E-state index contributed by atoms with van der Waals surface area (Å²) in [6.07, 6.45) is 3.09. The summed E-state index contributed by atoms with van der Waals surface area (Å²) in [6.45, 7) is 1.86. The van der Waals surface area contributed by atoms with E-state index in [0.29, 0.717) is 6.54 Å². The molecule has 0 saturated heterocycles. The zero-order valence-corrected chi connectivity index (χ0v) is 14.4. The van der Waals surface area contributed by atoms with Crippen molar-refractivity contribution in [1.29, 1.82) is 0 Å². The first kappa shape index (κ1) is 18.4. The number of aromatic nitrogens is 4. The van der Waals surface area contributed by atoms with Crippen LogP contribution in [0.5, 0.6) is 0 Å². The molecule has 2 aromatic heterocycles. The molecule has 1 N–H and O–H groups in total. The fourth-order valence-electron chi connectivity index (χ4n) is 2.30. The van der Waals surface area contributed by atoms with Crippen LogP contribution in [0.25, 0.3) is 11.2 Å². The predicted molar refractivity (Wildman–Crippen MR) is 89.1 cm³/mol. The number of amides is 1. The third kappa shape index (κ3) is 3.95. The molecule has 0 spiro atoms. The molecule has 2 aromatic rings. The molecule has 0 saturated carbocycles. The van der Waals surface area contributed by atoms with Gasteiger partial charge in [0.05, 0.1) is 6.33 Å². The Balaban J connectivity index is 2.08. The second-order valence-corrected chi connectivity index (χ2v) is 5.61. The minimum atomic E-state index is -0.680. The van der Waals surface area contributed by atoms with Crippen LogP contribution in [-0.4, -0.2) is 43.7 Å². The third-order valence-corrected chi connectivity index (χ3v) is 3.73. The van der Waals surface area contributed by atoms with Gasteiger partial charge in [0.15, 0.2) is 17.8 Å². The monoisotopic (exact) mass is 351 g/mol. The smallest absolute Gasteiger partial charge is 0.332 e. The van der Waals surface area contributed by atoms with Gasteiger partial charge in [-0.25, -0.2) is 9.78 Å². The standard InChI is InChI=1S/C15H21N5O5/c1-4-5-6-16-10(21)8-25-11(22)7-20-9-17-13-12(20)14(23)19(3)15(24)18(13)2/h9H,4-8H2,1-3H3,(H,16,21). The van der Waals surface area contributed by atoms with Gasteiger partial charge in [-0.2, -0.15) is 0 Å². The third-order valence-electron chi connectivity index (χ3n) is 3.73. The minimum absolute atomic E-state index is 0.119. The number of rotatable bonds is 7. The highest BCUT2D eigenvalue weighted by molar-refractivity contribution is 5.81. The van der Waals surface area contributed by atoms with E-state index in [1.165, 1.54) is 29.6 Å². The maximum atomic E-state index is 12.3. The van der Waals surface area contributed by atoms with E-state index in [1.807, 2.05) is 6.92 Å². The average molecular weight is 351 g/mol. The molecule has 10 heteroatoms. The molecule has 0 atom stereocenters. The van der Waals surface area contributed by atoms with Crippen molar-refractivity contribution in [1.82, 2.24) is 24.0 Å². The van der Waals surface area contributed by atoms with Crippen LogP contribution in [0.15, 0.2) is 15.9 Å². The Morgan fingerprint density at radius 1 is 1.24 bits per heavy atom. The highest BCUT2D eigenvalue weighted by Gasteiger charge is 2.16. The summed E-state index contributed by atoms with van der Waals surface area (Å²) >= 11 is 0. The number of hydrogen-bond acceptors (Lipinski definition) is 6. The van der Waals surface area contributed by atoms with Crippen molar-refractivity contribution in [2.24, 2.45) is 14.1 Å². The normalized spacial score (nSPS) is 10.8. The Morgan fingerprint density at radius 2 is 1.96 bits per heavy atom. The van der Waals surface area contributed by atoms with Gasteiger partial charge >= 0.3 is 11.7 Å². The predicted octanol–water partition coefficient (Wildman–Crippen LogP) is -1.11. The van der Waals surface area contributed by atoms with Crippen molar-refractivity contribution in [3.63, 3.8) is 0 Å². The number of hydrogen-bond donors (Lipinski definition) is 1. The summed E-state index contributed by atoms with van der Waals surface area (Å²) in [7, 11) is 2.83. The summed E-state index contributed by atoms with van der Waals surface area (Å²) in [5, 5.41) is 2.63. The van der Waals surface area contributed by atoms with Crippen LogP contribution < -0.4 is 16.6 Å². The lowest BCUT2D eigenvalue weighted by molar-refractivity contribution is -0.149. The zero-order chi connectivity index (χ0) is 18.6. The number of nitrogens with one attached hydrogen (secondary N) is 1. The lowest BCUT2D eigenvalue weighted by Crippen LogP contribution is -2.37. The van der Waals surface area contributed by atoms with Crippen LogP contribution >= 0.6 is 0 Å². The van der Waals surface area contributed by atoms with E-state index in [-0.39, 0.29) is 30.2 Å². The molecule has 2 heterocycles. The SMILES string of the molecule is CCCCNC(=O)COC(=O)Cn1cnc2c1c(=O)n(C)c(=O)n2C. The molecule has 0 bridgehead atoms. The lowest BCUT2D eigenvalue weighted by Gasteiger charge is -2.08. The average Bonchev–Trinajstić information content (AvgIpc) is 3.00. The van der Waals surface area contributed by atoms with E-state index >= 15 is 0 Å². The number of carbonyl (C=O) groups excluding carboxylic acids is 2. The van der Waals surface area contributed by atoms with E-state index in [9.17, 15) is 19.2 Å². The van der Waals surface area contributed by atoms with Crippen molar-refractivity contribution >= 4 is 23.0 Å². The number of esters is 1. The first-order chi connectivity index (χ1) is 11.9. The minimum Gasteiger partial charge on any atom is -0.454 e. The van der Waals surface area contributed by atoms with E-state index < -0.39 is 17.2 Å². The van der Waals surface area contributed by atoms with E-state index in [2.05, 4.69) is 10.3 Å². The van der Waals surface area contributed by atoms with Gasteiger partial charge in [0.25, 0.3) is 11.5 Å². The number of imidazole rings is 1. The molecule has 1 amide bonds. The van der Waals surface area contributed by atoms with Crippen molar-refractivity contribution in [3.05, 3.63) is 27.2 Å². The number of ether oxygens (including phenoxy) is 1. The van der Waals surface area contributed by atoms with Crippen molar-refractivity contribution in [2.75, 3.05) is 13.2 Å². The fraction of sp³-hybridized carbons (Fsp3) is 0.533. The molecule has 136 valence electrons. The van der Waals surface area contributed by atoms with Crippen LogP contribution in [0.1, 0.15) is 19.8 Å². The van der Waals surface area contributed by atoms with Crippen LogP contribution in [0.2, 0.25) is 0 Å². The Kier molecular flexibility index (Phi) is 5.73. The highest BCUT2D eigenvalue weighted by Crippen LogP contribution is 2.05. The second-order valence-electron chi connectivity index (χ2n) is 5.61. The molecular weight excluding hydrogens is 330 g/mol. The van der Waals surface area contributed by atoms with E-state index in [4.69, 9.17) is 4.74 Å². The van der Waals surface area contributed by atoms with Gasteiger partial charge in [0, 0.05) is 20.6 Å². The van der Waals surface area contributed by atoms with Crippen LogP contribution in [0.3, 0.4) is 0 Å². The van der Waals surface area contributed by atoms with Crippen LogP contribution in [-0.2, 0) is 35.0 Å². The maximum Gasteiger partial charge on any atom is 0.332 e. The Hall–Kier alpha value is -2.91. The Bertz CT molecular complexity index is 907. The fourth-order valence-corrected chi connectivity index (χ4v) is 2.30. The van der Waals surface area contributed by atoms with Crippen molar-refractivity contribution in [2.45, 2.75) is 26.3 Å². The first-order valence-electron chi connectivity index (χ1n) is 7.90. The second kappa shape index (κ2) is 7.77. The summed E-state index contributed by atoms with van der Waals surface area (Å²) < 4.78 is 8.36. The van der Waals surface area contributed by atoms with Crippen molar-refractivity contribution < 1.29 is 14.3 Å². The molecule has 0 fully saturated rings. The number of nitrogens with zero attached hydrogens (tertiary/aromatic N) is 4. The van der Waals surface area contributed by atoms with Gasteiger partial charge in [0.1, 0.15) is 6.54 Å². The van der Waals surface area contributed by atoms with Crippen LogP contribution in [0, 0.1) is 0 Å². The Morgan fingerprint density at radius 3 is 2.64 bits per heavy atom. The van der Waals surface area contributed by atoms with Gasteiger partial charge in [-0.1, -0.05) is 13.3 Å². The summed E-state index contributed by atoms with van der Waals surface area (Å²) in [5.41, 5.74) is -0.762. The Labute approximate surface area is 143 Å². The largest absolute Gasteiger partial charge is 0.454 e. The molecule has 2 rings (SSSR count). The molecule has 25 heavy (non-hydrogen) atoms. The molecule has 0 radical (unpaired) electrons. The number of aryl methyl sites for hydroxylation is 1. The van der Waals surface area contributed by atoms with E-state index in [1.54, 1.807) is 0 Å². The number of carbonyl (C=O) groups is 2. The molecule has 10 nitrogen and oxygen atoms in total. The molecule has 0 aromatic carbocycles. The molecular formula is C15H21N5O5. The zero-order valence-electron chi connectivity index (χ0n) is 14.4. The van der Waals surface area contributed by atoms with Gasteiger partial charge in [0.2, 0.25) is 0 Å². The molecule has 0 aliphatic carbocycles. The topological polar surface area (TPSA) is 117 Å². The quantitative estimate of drug-likeness (QED) is 0.499. The number of unbranched alkanes of at least 4 members (excludes halogenated alkanes) is 1. The van der Waals surface area contributed by atoms with Gasteiger partial charge in [-0.05, 0) is 6.42 Å². The maximum absolute atomic E-state index is 12.3. The van der Waals surface area contributed by atoms with E-state index in [0.717, 1.165) is 17.4 Å². The van der Waals surface area contributed by atoms with Gasteiger partial charge < -0.3 is 14.6 Å². The highest BCUT2D eigenvalue weighted by atomic mass is 16.5. The molecule has 0 aliphatic heterocycles. The molecule has 0 unspecified atom stereocenters. The first-order valence-corrected chi connectivity index (χ1v) is 7.90. The molecule has 0 aliphatic rings. The number of fused-ring (bicyclic) bond motifs is 1. The van der Waals surface area contributed by atoms with Crippen LogP contribution in [0.4, 0.5) is 0 Å². The summed E-state index contributed by atoms with van der Waals surface area (Å²) in [4.78, 5) is 51.5. The van der Waals surface area contributed by atoms with Crippen molar-refractivity contribution in [3.8, 4) is 0 Å². The summed E-state index contributed by atoms with van der Waals surface area (Å²) in [5.74, 6) is -1.06.